The van der Waals surface area contributed by atoms with Crippen molar-refractivity contribution in [2.24, 2.45) is 0 Å². The zero-order valence-electron chi connectivity index (χ0n) is 9.48. The molecule has 0 bridgehead atoms. The lowest BCUT2D eigenvalue weighted by Crippen LogP contribution is -2.31. The number of hydrogen-bond acceptors (Lipinski definition) is 4. The van der Waals surface area contributed by atoms with Gasteiger partial charge in [0, 0.05) is 19.3 Å². The van der Waals surface area contributed by atoms with Gasteiger partial charge in [-0.3, -0.25) is 4.98 Å². The van der Waals surface area contributed by atoms with Crippen molar-refractivity contribution in [1.82, 2.24) is 4.98 Å². The molecule has 0 spiro atoms. The van der Waals surface area contributed by atoms with E-state index in [4.69, 9.17) is 4.74 Å². The van der Waals surface area contributed by atoms with Gasteiger partial charge in [-0.05, 0) is 25.3 Å². The minimum Gasteiger partial charge on any atom is -0.465 e. The number of rotatable bonds is 2. The first kappa shape index (κ1) is 10.9. The third-order valence-electron chi connectivity index (χ3n) is 2.90. The molecule has 1 fully saturated rings. The first-order chi connectivity index (χ1) is 7.83. The van der Waals surface area contributed by atoms with Crippen LogP contribution in [0.3, 0.4) is 0 Å². The molecule has 16 heavy (non-hydrogen) atoms. The third kappa shape index (κ3) is 2.15. The highest BCUT2D eigenvalue weighted by Gasteiger charge is 2.18. The van der Waals surface area contributed by atoms with Crippen LogP contribution in [0.4, 0.5) is 5.69 Å². The van der Waals surface area contributed by atoms with Crippen LogP contribution in [0.15, 0.2) is 18.5 Å². The SMILES string of the molecule is COC(=O)c1ccncc1N1CCCCC1. The second-order valence-electron chi connectivity index (χ2n) is 3.93. The number of nitrogens with zero attached hydrogens (tertiary/aromatic N) is 2. The monoisotopic (exact) mass is 220 g/mol. The molecule has 1 aliphatic rings. The summed E-state index contributed by atoms with van der Waals surface area (Å²) in [6.07, 6.45) is 6.99. The Bertz CT molecular complexity index is 373. The van der Waals surface area contributed by atoms with E-state index < -0.39 is 0 Å². The van der Waals surface area contributed by atoms with Gasteiger partial charge in [-0.25, -0.2) is 4.79 Å². The fourth-order valence-electron chi connectivity index (χ4n) is 2.06. The third-order valence-corrected chi connectivity index (χ3v) is 2.90. The number of carbonyl (C=O) groups excluding carboxylic acids is 1. The standard InChI is InChI=1S/C12H16N2O2/c1-16-12(15)10-5-6-13-9-11(10)14-7-3-2-4-8-14/h5-6,9H,2-4,7-8H2,1H3. The van der Waals surface area contributed by atoms with Crippen LogP contribution in [0.2, 0.25) is 0 Å². The number of hydrogen-bond donors (Lipinski definition) is 0. The fraction of sp³-hybridized carbons (Fsp3) is 0.500. The van der Waals surface area contributed by atoms with Gasteiger partial charge in [-0.1, -0.05) is 0 Å². The molecule has 4 heteroatoms. The minimum absolute atomic E-state index is 0.289. The molecule has 1 aromatic rings. The van der Waals surface area contributed by atoms with E-state index in [1.54, 1.807) is 18.5 Å². The van der Waals surface area contributed by atoms with Crippen molar-refractivity contribution >= 4 is 11.7 Å². The van der Waals surface area contributed by atoms with E-state index in [1.165, 1.54) is 26.4 Å². The lowest BCUT2D eigenvalue weighted by Gasteiger charge is -2.29. The summed E-state index contributed by atoms with van der Waals surface area (Å²) in [6.45, 7) is 1.99. The van der Waals surface area contributed by atoms with E-state index >= 15 is 0 Å². The predicted molar refractivity (Wildman–Crippen MR) is 61.6 cm³/mol. The summed E-state index contributed by atoms with van der Waals surface area (Å²) in [4.78, 5) is 17.9. The van der Waals surface area contributed by atoms with E-state index in [2.05, 4.69) is 9.88 Å². The summed E-state index contributed by atoms with van der Waals surface area (Å²) in [5.41, 5.74) is 1.51. The van der Waals surface area contributed by atoms with Crippen molar-refractivity contribution in [3.05, 3.63) is 24.0 Å². The zero-order valence-corrected chi connectivity index (χ0v) is 9.48. The van der Waals surface area contributed by atoms with Gasteiger partial charge in [-0.15, -0.1) is 0 Å². The van der Waals surface area contributed by atoms with Gasteiger partial charge in [0.15, 0.2) is 0 Å². The molecule has 2 rings (SSSR count). The Hall–Kier alpha value is -1.58. The Morgan fingerprint density at radius 2 is 2.12 bits per heavy atom. The smallest absolute Gasteiger partial charge is 0.340 e. The molecule has 0 radical (unpaired) electrons. The summed E-state index contributed by atoms with van der Waals surface area (Å²) in [5, 5.41) is 0. The molecule has 86 valence electrons. The topological polar surface area (TPSA) is 42.4 Å². The Kier molecular flexibility index (Phi) is 3.39. The molecule has 0 atom stereocenters. The van der Waals surface area contributed by atoms with Crippen LogP contribution in [0, 0.1) is 0 Å². The number of pyridine rings is 1. The zero-order chi connectivity index (χ0) is 11.4. The van der Waals surface area contributed by atoms with Gasteiger partial charge in [0.25, 0.3) is 0 Å². The van der Waals surface area contributed by atoms with Crippen molar-refractivity contribution in [3.63, 3.8) is 0 Å². The molecule has 1 saturated heterocycles. The maximum absolute atomic E-state index is 11.6. The van der Waals surface area contributed by atoms with Crippen LogP contribution in [0.1, 0.15) is 29.6 Å². The highest BCUT2D eigenvalue weighted by Crippen LogP contribution is 2.23. The molecule has 0 unspecified atom stereocenters. The number of anilines is 1. The van der Waals surface area contributed by atoms with Gasteiger partial charge in [0.2, 0.25) is 0 Å². The van der Waals surface area contributed by atoms with Crippen molar-refractivity contribution in [2.75, 3.05) is 25.1 Å². The lowest BCUT2D eigenvalue weighted by atomic mass is 10.1. The molecular weight excluding hydrogens is 204 g/mol. The van der Waals surface area contributed by atoms with Gasteiger partial charge in [0.05, 0.1) is 24.6 Å². The number of methoxy groups -OCH3 is 1. The lowest BCUT2D eigenvalue weighted by molar-refractivity contribution is 0.0601. The van der Waals surface area contributed by atoms with Crippen molar-refractivity contribution in [1.29, 1.82) is 0 Å². The molecule has 0 amide bonds. The second kappa shape index (κ2) is 4.96. The highest BCUT2D eigenvalue weighted by molar-refractivity contribution is 5.95. The number of esters is 1. The summed E-state index contributed by atoms with van der Waals surface area (Å²) in [6, 6.07) is 1.72. The molecule has 0 N–H and O–H groups in total. The summed E-state index contributed by atoms with van der Waals surface area (Å²) < 4.78 is 4.77. The average molecular weight is 220 g/mol. The quantitative estimate of drug-likeness (QED) is 0.713. The molecule has 0 saturated carbocycles. The number of aromatic nitrogens is 1. The van der Waals surface area contributed by atoms with E-state index in [0.29, 0.717) is 5.56 Å². The Labute approximate surface area is 95.2 Å². The van der Waals surface area contributed by atoms with Crippen molar-refractivity contribution in [3.8, 4) is 0 Å². The Balaban J connectivity index is 2.28. The summed E-state index contributed by atoms with van der Waals surface area (Å²) in [7, 11) is 1.41. The van der Waals surface area contributed by atoms with Crippen LogP contribution in [-0.2, 0) is 4.74 Å². The van der Waals surface area contributed by atoms with Crippen LogP contribution < -0.4 is 4.90 Å². The first-order valence-electron chi connectivity index (χ1n) is 5.60. The average Bonchev–Trinajstić information content (AvgIpc) is 2.39. The van der Waals surface area contributed by atoms with Crippen LogP contribution >= 0.6 is 0 Å². The fourth-order valence-corrected chi connectivity index (χ4v) is 2.06. The Morgan fingerprint density at radius 3 is 2.81 bits per heavy atom. The first-order valence-corrected chi connectivity index (χ1v) is 5.60. The van der Waals surface area contributed by atoms with Gasteiger partial charge >= 0.3 is 5.97 Å². The largest absolute Gasteiger partial charge is 0.465 e. The molecule has 0 aliphatic carbocycles. The molecule has 1 aromatic heterocycles. The Morgan fingerprint density at radius 1 is 1.38 bits per heavy atom. The summed E-state index contributed by atoms with van der Waals surface area (Å²) in [5.74, 6) is -0.289. The van der Waals surface area contributed by atoms with E-state index in [1.807, 2.05) is 0 Å². The van der Waals surface area contributed by atoms with Crippen molar-refractivity contribution < 1.29 is 9.53 Å². The van der Waals surface area contributed by atoms with Gasteiger partial charge < -0.3 is 9.64 Å². The van der Waals surface area contributed by atoms with Crippen LogP contribution in [-0.4, -0.2) is 31.2 Å². The minimum atomic E-state index is -0.289. The predicted octanol–water partition coefficient (Wildman–Crippen LogP) is 1.86. The van der Waals surface area contributed by atoms with Crippen molar-refractivity contribution in [2.45, 2.75) is 19.3 Å². The maximum atomic E-state index is 11.6. The number of carbonyl (C=O) groups is 1. The molecule has 0 aromatic carbocycles. The highest BCUT2D eigenvalue weighted by atomic mass is 16.5. The number of piperidine rings is 1. The normalized spacial score (nSPS) is 15.9. The van der Waals surface area contributed by atoms with Gasteiger partial charge in [-0.2, -0.15) is 0 Å². The maximum Gasteiger partial charge on any atom is 0.340 e. The second-order valence-corrected chi connectivity index (χ2v) is 3.93. The van der Waals surface area contributed by atoms with Gasteiger partial charge in [0.1, 0.15) is 0 Å². The molecule has 1 aliphatic heterocycles. The molecular formula is C12H16N2O2. The molecule has 4 nitrogen and oxygen atoms in total. The van der Waals surface area contributed by atoms with E-state index in [9.17, 15) is 4.79 Å². The van der Waals surface area contributed by atoms with Crippen LogP contribution in [0.25, 0.3) is 0 Å². The molecule has 2 heterocycles. The number of ether oxygens (including phenoxy) is 1. The van der Waals surface area contributed by atoms with Crippen LogP contribution in [0.5, 0.6) is 0 Å². The van der Waals surface area contributed by atoms with E-state index in [0.717, 1.165) is 18.8 Å². The van der Waals surface area contributed by atoms with E-state index in [-0.39, 0.29) is 5.97 Å². The summed E-state index contributed by atoms with van der Waals surface area (Å²) >= 11 is 0.